The van der Waals surface area contributed by atoms with Crippen LogP contribution < -0.4 is 15.8 Å². The van der Waals surface area contributed by atoms with Gasteiger partial charge >= 0.3 is 0 Å². The highest BCUT2D eigenvalue weighted by Gasteiger charge is 2.24. The van der Waals surface area contributed by atoms with Crippen molar-refractivity contribution in [3.05, 3.63) is 71.4 Å². The number of thiol groups is 1. The van der Waals surface area contributed by atoms with Crippen molar-refractivity contribution < 1.29 is 4.74 Å². The molecule has 7 nitrogen and oxygen atoms in total. The van der Waals surface area contributed by atoms with Crippen LogP contribution in [0.2, 0.25) is 0 Å². The van der Waals surface area contributed by atoms with Crippen LogP contribution in [0, 0.1) is 6.92 Å². The van der Waals surface area contributed by atoms with E-state index >= 15 is 0 Å². The zero-order valence-electron chi connectivity index (χ0n) is 15.0. The van der Waals surface area contributed by atoms with Crippen LogP contribution in [0.25, 0.3) is 5.69 Å². The van der Waals surface area contributed by atoms with Crippen LogP contribution >= 0.6 is 12.6 Å². The van der Waals surface area contributed by atoms with E-state index in [9.17, 15) is 0 Å². The first-order chi connectivity index (χ1) is 13.2. The highest BCUT2D eigenvalue weighted by molar-refractivity contribution is 7.80. The maximum atomic E-state index is 5.21. The summed E-state index contributed by atoms with van der Waals surface area (Å²) in [5, 5.41) is 11.5. The van der Waals surface area contributed by atoms with E-state index in [1.165, 1.54) is 0 Å². The number of hydrogen-bond acceptors (Lipinski definition) is 7. The van der Waals surface area contributed by atoms with Crippen LogP contribution in [-0.4, -0.2) is 27.7 Å². The Kier molecular flexibility index (Phi) is 4.74. The van der Waals surface area contributed by atoms with E-state index in [2.05, 4.69) is 34.3 Å². The Hall–Kier alpha value is -2.97. The maximum Gasteiger partial charge on any atom is 0.177 e. The van der Waals surface area contributed by atoms with Crippen LogP contribution in [0.15, 0.2) is 64.9 Å². The van der Waals surface area contributed by atoms with Crippen molar-refractivity contribution in [1.82, 2.24) is 25.9 Å². The minimum absolute atomic E-state index is 0.624. The number of hydrogen-bond donors (Lipinski definition) is 3. The molecule has 0 amide bonds. The van der Waals surface area contributed by atoms with Gasteiger partial charge in [-0.25, -0.2) is 10.2 Å². The molecule has 2 aromatic carbocycles. The lowest BCUT2D eigenvalue weighted by Crippen LogP contribution is -2.40. The fourth-order valence-corrected chi connectivity index (χ4v) is 3.28. The van der Waals surface area contributed by atoms with Crippen LogP contribution in [0.4, 0.5) is 0 Å². The van der Waals surface area contributed by atoms with Gasteiger partial charge in [-0.1, -0.05) is 30.3 Å². The predicted molar refractivity (Wildman–Crippen MR) is 107 cm³/mol. The summed E-state index contributed by atoms with van der Waals surface area (Å²) in [6.45, 7) is 2.68. The van der Waals surface area contributed by atoms with E-state index in [0.29, 0.717) is 6.54 Å². The molecule has 1 aliphatic heterocycles. The molecule has 0 bridgehead atoms. The normalized spacial score (nSPS) is 13.4. The lowest BCUT2D eigenvalue weighted by molar-refractivity contribution is 0.287. The molecule has 0 unspecified atom stereocenters. The second kappa shape index (κ2) is 7.34. The summed E-state index contributed by atoms with van der Waals surface area (Å²) in [6, 6.07) is 16.0. The summed E-state index contributed by atoms with van der Waals surface area (Å²) in [4.78, 5) is 0. The van der Waals surface area contributed by atoms with Crippen LogP contribution in [0.1, 0.15) is 16.7 Å². The van der Waals surface area contributed by atoms with Gasteiger partial charge in [-0.2, -0.15) is 5.10 Å². The first-order valence-electron chi connectivity index (χ1n) is 8.49. The minimum atomic E-state index is 0.624. The molecule has 0 radical (unpaired) electrons. The van der Waals surface area contributed by atoms with Crippen LogP contribution in [-0.2, 0) is 6.54 Å². The van der Waals surface area contributed by atoms with Gasteiger partial charge in [0.25, 0.3) is 0 Å². The van der Waals surface area contributed by atoms with Crippen LogP contribution in [0.5, 0.6) is 5.75 Å². The van der Waals surface area contributed by atoms with E-state index in [1.807, 2.05) is 52.2 Å². The summed E-state index contributed by atoms with van der Waals surface area (Å²) in [5.41, 5.74) is 9.95. The first-order valence-corrected chi connectivity index (χ1v) is 8.94. The maximum absolute atomic E-state index is 5.21. The number of aryl methyl sites for hydroxylation is 1. The Morgan fingerprint density at radius 1 is 1.11 bits per heavy atom. The van der Waals surface area contributed by atoms with E-state index in [-0.39, 0.29) is 0 Å². The van der Waals surface area contributed by atoms with E-state index in [4.69, 9.17) is 17.4 Å². The number of nitrogens with one attached hydrogen (secondary N) is 2. The summed E-state index contributed by atoms with van der Waals surface area (Å²) in [5.74, 6) is 1.56. The van der Waals surface area contributed by atoms with Gasteiger partial charge in [0.1, 0.15) is 10.8 Å². The molecular weight excluding hydrogens is 360 g/mol. The van der Waals surface area contributed by atoms with Crippen molar-refractivity contribution in [1.29, 1.82) is 0 Å². The van der Waals surface area contributed by atoms with E-state index in [1.54, 1.807) is 13.3 Å². The molecule has 8 heteroatoms. The van der Waals surface area contributed by atoms with Gasteiger partial charge in [-0.15, -0.1) is 23.3 Å². The molecular formula is C19H20N6OS. The Morgan fingerprint density at radius 3 is 2.63 bits per heavy atom. The smallest absolute Gasteiger partial charge is 0.177 e. The number of para-hydroxylation sites is 1. The third-order valence-corrected chi connectivity index (χ3v) is 4.86. The summed E-state index contributed by atoms with van der Waals surface area (Å²) >= 11 is 4.71. The van der Waals surface area contributed by atoms with Gasteiger partial charge in [0, 0.05) is 0 Å². The van der Waals surface area contributed by atoms with Crippen molar-refractivity contribution in [2.24, 2.45) is 5.10 Å². The lowest BCUT2D eigenvalue weighted by Gasteiger charge is -2.19. The number of rotatable bonds is 5. The number of ether oxygens (including phenoxy) is 1. The van der Waals surface area contributed by atoms with E-state index in [0.717, 1.165) is 39.0 Å². The molecule has 0 fully saturated rings. The number of aromatic nitrogens is 2. The topological polar surface area (TPSA) is 66.7 Å². The molecule has 0 aliphatic carbocycles. The zero-order chi connectivity index (χ0) is 18.8. The highest BCUT2D eigenvalue weighted by Crippen LogP contribution is 2.23. The fraction of sp³-hybridized carbons (Fsp3) is 0.158. The third kappa shape index (κ3) is 3.36. The van der Waals surface area contributed by atoms with Gasteiger partial charge in [0.2, 0.25) is 0 Å². The number of hydrazine groups is 2. The van der Waals surface area contributed by atoms with Gasteiger partial charge in [-0.3, -0.25) is 5.01 Å². The molecule has 0 atom stereocenters. The first kappa shape index (κ1) is 17.4. The molecule has 0 saturated carbocycles. The number of nitrogens with zero attached hydrogens (tertiary/aromatic N) is 4. The van der Waals surface area contributed by atoms with E-state index < -0.39 is 0 Å². The lowest BCUT2D eigenvalue weighted by atomic mass is 10.2. The van der Waals surface area contributed by atoms with Crippen molar-refractivity contribution in [2.75, 3.05) is 7.11 Å². The monoisotopic (exact) mass is 380 g/mol. The average Bonchev–Trinajstić information content (AvgIpc) is 3.29. The Bertz CT molecular complexity index is 982. The molecule has 138 valence electrons. The Balaban J connectivity index is 1.60. The van der Waals surface area contributed by atoms with Crippen LogP contribution in [0.3, 0.4) is 0 Å². The van der Waals surface area contributed by atoms with Crippen molar-refractivity contribution in [3.63, 3.8) is 0 Å². The zero-order valence-corrected chi connectivity index (χ0v) is 15.9. The largest absolute Gasteiger partial charge is 0.497 e. The van der Waals surface area contributed by atoms with Gasteiger partial charge in [-0.05, 0) is 36.2 Å². The molecule has 2 N–H and O–H groups in total. The number of methoxy groups -OCH3 is 1. The summed E-state index contributed by atoms with van der Waals surface area (Å²) in [6.07, 6.45) is 1.78. The Morgan fingerprint density at radius 2 is 1.89 bits per heavy atom. The predicted octanol–water partition coefficient (Wildman–Crippen LogP) is 2.66. The second-order valence-corrected chi connectivity index (χ2v) is 6.60. The summed E-state index contributed by atoms with van der Waals surface area (Å²) in [7, 11) is 1.66. The molecule has 1 aliphatic rings. The standard InChI is InChI=1S/C19H20N6OS/c1-13-5-3-4-6-17(13)25-19(27)16(11-20-25)18-21-22-23-24(18)12-14-7-9-15(26-2)10-8-14/h3-11,22-23,27H,12H2,1-2H3. The molecule has 0 spiro atoms. The molecule has 27 heavy (non-hydrogen) atoms. The van der Waals surface area contributed by atoms with Crippen molar-refractivity contribution in [2.45, 2.75) is 18.5 Å². The molecule has 2 heterocycles. The average molecular weight is 380 g/mol. The SMILES string of the molecule is COc1ccc(CN2NNN=C2c2cnn(-c3ccccc3C)c2S)cc1. The second-order valence-electron chi connectivity index (χ2n) is 6.17. The number of benzene rings is 2. The molecule has 0 saturated heterocycles. The quantitative estimate of drug-likeness (QED) is 0.594. The number of hydrazone groups is 1. The number of amidine groups is 1. The Labute approximate surface area is 163 Å². The third-order valence-electron chi connectivity index (χ3n) is 4.43. The van der Waals surface area contributed by atoms with Crippen molar-refractivity contribution >= 4 is 18.5 Å². The fourth-order valence-electron chi connectivity index (χ4n) is 2.96. The molecule has 3 aromatic rings. The molecule has 1 aromatic heterocycles. The minimum Gasteiger partial charge on any atom is -0.497 e. The van der Waals surface area contributed by atoms with Gasteiger partial charge in [0.05, 0.1) is 31.1 Å². The van der Waals surface area contributed by atoms with Gasteiger partial charge < -0.3 is 4.74 Å². The molecule has 4 rings (SSSR count). The highest BCUT2D eigenvalue weighted by atomic mass is 32.1. The van der Waals surface area contributed by atoms with Gasteiger partial charge in [0.15, 0.2) is 5.84 Å². The summed E-state index contributed by atoms with van der Waals surface area (Å²) < 4.78 is 7.03. The van der Waals surface area contributed by atoms with Crippen molar-refractivity contribution in [3.8, 4) is 11.4 Å².